The van der Waals surface area contributed by atoms with Crippen molar-refractivity contribution in [2.45, 2.75) is 24.7 Å². The van der Waals surface area contributed by atoms with Gasteiger partial charge in [0.15, 0.2) is 17.1 Å². The molecule has 5 rings (SSSR count). The molecule has 3 aromatic heterocycles. The lowest BCUT2D eigenvalue weighted by Gasteiger charge is -2.16. The molecule has 176 valence electrons. The monoisotopic (exact) mass is 482 g/mol. The van der Waals surface area contributed by atoms with Crippen LogP contribution in [0, 0.1) is 0 Å². The molecule has 3 heterocycles. The fourth-order valence-electron chi connectivity index (χ4n) is 3.56. The highest BCUT2D eigenvalue weighted by atomic mass is 32.2. The summed E-state index contributed by atoms with van der Waals surface area (Å²) in [6, 6.07) is 10.8. The maximum Gasteiger partial charge on any atom is 0.214 e. The van der Waals surface area contributed by atoms with Crippen LogP contribution in [-0.4, -0.2) is 53.2 Å². The van der Waals surface area contributed by atoms with Gasteiger partial charge in [-0.1, -0.05) is 12.1 Å². The zero-order valence-corrected chi connectivity index (χ0v) is 19.3. The van der Waals surface area contributed by atoms with E-state index in [-0.39, 0.29) is 17.4 Å². The second-order valence-electron chi connectivity index (χ2n) is 7.78. The zero-order valence-electron chi connectivity index (χ0n) is 18.5. The fraction of sp³-hybridized carbons (Fsp3) is 0.273. The number of pyridine rings is 1. The van der Waals surface area contributed by atoms with E-state index in [9.17, 15) is 8.42 Å². The molecule has 2 N–H and O–H groups in total. The highest BCUT2D eigenvalue weighted by Crippen LogP contribution is 2.38. The molecule has 1 fully saturated rings. The van der Waals surface area contributed by atoms with E-state index < -0.39 is 15.8 Å². The molecule has 1 aromatic carbocycles. The Labute approximate surface area is 195 Å². The highest BCUT2D eigenvalue weighted by molar-refractivity contribution is 7.88. The summed E-state index contributed by atoms with van der Waals surface area (Å²) < 4.78 is 42.1. The molecule has 12 heteroatoms. The average Bonchev–Trinajstić information content (AvgIpc) is 3.55. The first kappa shape index (κ1) is 22.0. The number of hydrogen-bond donors (Lipinski definition) is 1. The van der Waals surface area contributed by atoms with Crippen molar-refractivity contribution in [3.05, 3.63) is 48.3 Å². The average molecular weight is 483 g/mol. The first-order valence-electron chi connectivity index (χ1n) is 10.5. The van der Waals surface area contributed by atoms with Crippen molar-refractivity contribution in [2.24, 2.45) is 5.14 Å². The SMILES string of the molecule is COc1cccc(OC)c1-n1c(-c2cccc(OC3CC3)n2)nc2ncc(CS(N)(=O)=O)nc21. The number of primary sulfonamides is 1. The van der Waals surface area contributed by atoms with Crippen LogP contribution in [0.2, 0.25) is 0 Å². The van der Waals surface area contributed by atoms with E-state index in [2.05, 4.69) is 19.9 Å². The number of methoxy groups -OCH3 is 2. The van der Waals surface area contributed by atoms with E-state index in [4.69, 9.17) is 19.3 Å². The third-order valence-corrected chi connectivity index (χ3v) is 5.86. The summed E-state index contributed by atoms with van der Waals surface area (Å²) in [7, 11) is -0.738. The third-order valence-electron chi connectivity index (χ3n) is 5.16. The number of sulfonamides is 1. The number of rotatable bonds is 8. The second kappa shape index (κ2) is 8.54. The molecule has 0 aliphatic heterocycles. The Balaban J connectivity index is 1.78. The van der Waals surface area contributed by atoms with Gasteiger partial charge in [-0.3, -0.25) is 4.57 Å². The predicted molar refractivity (Wildman–Crippen MR) is 123 cm³/mol. The van der Waals surface area contributed by atoms with Crippen molar-refractivity contribution >= 4 is 21.3 Å². The molecule has 1 aliphatic carbocycles. The number of aromatic nitrogens is 5. The number of fused-ring (bicyclic) bond motifs is 1. The minimum absolute atomic E-state index is 0.176. The van der Waals surface area contributed by atoms with Gasteiger partial charge in [0.25, 0.3) is 0 Å². The lowest BCUT2D eigenvalue weighted by molar-refractivity contribution is 0.291. The summed E-state index contributed by atoms with van der Waals surface area (Å²) >= 11 is 0. The Hall–Kier alpha value is -3.77. The quantitative estimate of drug-likeness (QED) is 0.399. The van der Waals surface area contributed by atoms with Crippen LogP contribution in [0.25, 0.3) is 28.5 Å². The van der Waals surface area contributed by atoms with Crippen LogP contribution in [-0.2, 0) is 15.8 Å². The van der Waals surface area contributed by atoms with E-state index in [1.54, 1.807) is 34.9 Å². The number of nitrogens with two attached hydrogens (primary N) is 1. The van der Waals surface area contributed by atoms with Gasteiger partial charge in [0.1, 0.15) is 34.7 Å². The Morgan fingerprint density at radius 1 is 1.03 bits per heavy atom. The van der Waals surface area contributed by atoms with Crippen LogP contribution in [0.15, 0.2) is 42.6 Å². The first-order chi connectivity index (χ1) is 16.4. The van der Waals surface area contributed by atoms with Gasteiger partial charge in [0.05, 0.1) is 26.1 Å². The summed E-state index contributed by atoms with van der Waals surface area (Å²) in [5.41, 5.74) is 1.79. The minimum Gasteiger partial charge on any atom is -0.494 e. The van der Waals surface area contributed by atoms with Crippen molar-refractivity contribution in [3.8, 4) is 34.6 Å². The van der Waals surface area contributed by atoms with Gasteiger partial charge in [-0.25, -0.2) is 33.5 Å². The van der Waals surface area contributed by atoms with Gasteiger partial charge in [0, 0.05) is 6.07 Å². The molecular formula is C22H22N6O5S. The largest absolute Gasteiger partial charge is 0.494 e. The third kappa shape index (κ3) is 4.37. The summed E-state index contributed by atoms with van der Waals surface area (Å²) in [6.07, 6.45) is 3.53. The lowest BCUT2D eigenvalue weighted by atomic mass is 10.2. The molecule has 0 unspecified atom stereocenters. The van der Waals surface area contributed by atoms with Crippen LogP contribution in [0.4, 0.5) is 0 Å². The second-order valence-corrected chi connectivity index (χ2v) is 9.39. The molecule has 1 aliphatic rings. The first-order valence-corrected chi connectivity index (χ1v) is 12.2. The number of para-hydroxylation sites is 1. The van der Waals surface area contributed by atoms with E-state index in [0.29, 0.717) is 40.2 Å². The normalized spacial score (nSPS) is 13.7. The highest BCUT2D eigenvalue weighted by Gasteiger charge is 2.26. The Bertz CT molecular complexity index is 1460. The van der Waals surface area contributed by atoms with E-state index in [1.165, 1.54) is 20.4 Å². The molecule has 1 saturated carbocycles. The summed E-state index contributed by atoms with van der Waals surface area (Å²) in [6.45, 7) is 0. The van der Waals surface area contributed by atoms with Gasteiger partial charge in [-0.2, -0.15) is 0 Å². The van der Waals surface area contributed by atoms with Gasteiger partial charge in [0.2, 0.25) is 15.9 Å². The molecule has 0 atom stereocenters. The van der Waals surface area contributed by atoms with Gasteiger partial charge < -0.3 is 14.2 Å². The predicted octanol–water partition coefficient (Wildman–Crippen LogP) is 2.22. The minimum atomic E-state index is -3.82. The van der Waals surface area contributed by atoms with Gasteiger partial charge >= 0.3 is 0 Å². The molecule has 0 amide bonds. The van der Waals surface area contributed by atoms with E-state index in [1.807, 2.05) is 6.07 Å². The van der Waals surface area contributed by atoms with Crippen LogP contribution < -0.4 is 19.3 Å². The lowest BCUT2D eigenvalue weighted by Crippen LogP contribution is -2.15. The molecule has 0 radical (unpaired) electrons. The van der Waals surface area contributed by atoms with Crippen LogP contribution >= 0.6 is 0 Å². The fourth-order valence-corrected chi connectivity index (χ4v) is 4.11. The van der Waals surface area contributed by atoms with Crippen molar-refractivity contribution in [3.63, 3.8) is 0 Å². The summed E-state index contributed by atoms with van der Waals surface area (Å²) in [5.74, 6) is 1.41. The van der Waals surface area contributed by atoms with Crippen molar-refractivity contribution in [2.75, 3.05) is 14.2 Å². The maximum absolute atomic E-state index is 11.7. The Morgan fingerprint density at radius 3 is 2.38 bits per heavy atom. The standard InChI is InChI=1S/C22H22N6O5S/c1-31-16-6-4-7-17(32-2)19(16)28-21(15-5-3-8-18(26-15)33-14-9-10-14)27-20-22(28)25-13(11-24-20)12-34(23,29)30/h3-8,11,14H,9-10,12H2,1-2H3,(H2,23,29,30). The van der Waals surface area contributed by atoms with Crippen LogP contribution in [0.5, 0.6) is 17.4 Å². The number of nitrogens with zero attached hydrogens (tertiary/aromatic N) is 5. The maximum atomic E-state index is 11.7. The molecular weight excluding hydrogens is 460 g/mol. The van der Waals surface area contributed by atoms with Crippen LogP contribution in [0.1, 0.15) is 18.5 Å². The molecule has 11 nitrogen and oxygen atoms in total. The molecule has 4 aromatic rings. The number of ether oxygens (including phenoxy) is 3. The van der Waals surface area contributed by atoms with Gasteiger partial charge in [-0.05, 0) is 31.0 Å². The number of imidazole rings is 1. The van der Waals surface area contributed by atoms with E-state index >= 15 is 0 Å². The van der Waals surface area contributed by atoms with Gasteiger partial charge in [-0.15, -0.1) is 0 Å². The Morgan fingerprint density at radius 2 is 1.74 bits per heavy atom. The molecule has 0 bridgehead atoms. The van der Waals surface area contributed by atoms with Crippen LogP contribution in [0.3, 0.4) is 0 Å². The molecule has 34 heavy (non-hydrogen) atoms. The van der Waals surface area contributed by atoms with E-state index in [0.717, 1.165) is 12.8 Å². The summed E-state index contributed by atoms with van der Waals surface area (Å²) in [4.78, 5) is 18.2. The van der Waals surface area contributed by atoms with Crippen molar-refractivity contribution in [1.82, 2.24) is 24.5 Å². The van der Waals surface area contributed by atoms with Crippen molar-refractivity contribution in [1.29, 1.82) is 0 Å². The zero-order chi connectivity index (χ0) is 23.9. The number of benzene rings is 1. The molecule has 0 saturated heterocycles. The smallest absolute Gasteiger partial charge is 0.214 e. The number of hydrogen-bond acceptors (Lipinski definition) is 9. The summed E-state index contributed by atoms with van der Waals surface area (Å²) in [5, 5.41) is 5.23. The Kier molecular flexibility index (Phi) is 5.54. The topological polar surface area (TPSA) is 144 Å². The van der Waals surface area contributed by atoms with Crippen molar-refractivity contribution < 1.29 is 22.6 Å². The molecule has 0 spiro atoms.